The van der Waals surface area contributed by atoms with Gasteiger partial charge >= 0.3 is 5.97 Å². The summed E-state index contributed by atoms with van der Waals surface area (Å²) >= 11 is 1.42. The predicted molar refractivity (Wildman–Crippen MR) is 147 cm³/mol. The first-order valence-electron chi connectivity index (χ1n) is 13.5. The molecule has 3 aromatic rings. The molecule has 1 saturated heterocycles. The number of esters is 1. The summed E-state index contributed by atoms with van der Waals surface area (Å²) in [5.74, 6) is 0.0326. The van der Waals surface area contributed by atoms with E-state index in [1.807, 2.05) is 17.5 Å². The molecule has 1 saturated carbocycles. The number of nitrogens with one attached hydrogen (secondary N) is 2. The predicted octanol–water partition coefficient (Wildman–Crippen LogP) is 3.50. The number of amides is 1. The van der Waals surface area contributed by atoms with Gasteiger partial charge in [0.2, 0.25) is 18.4 Å². The Morgan fingerprint density at radius 2 is 1.78 bits per heavy atom. The number of aromatic hydroxyl groups is 1. The van der Waals surface area contributed by atoms with E-state index >= 15 is 0 Å². The molecule has 3 heterocycles. The average Bonchev–Trinajstić information content (AvgIpc) is 3.30. The lowest BCUT2D eigenvalue weighted by molar-refractivity contribution is -0.141. The van der Waals surface area contributed by atoms with Gasteiger partial charge in [-0.3, -0.25) is 9.59 Å². The summed E-state index contributed by atoms with van der Waals surface area (Å²) in [5, 5.41) is 19.6. The zero-order chi connectivity index (χ0) is 28.2. The van der Waals surface area contributed by atoms with Crippen LogP contribution in [-0.2, 0) is 20.7 Å². The lowest BCUT2D eigenvalue weighted by Gasteiger charge is -2.39. The third-order valence-electron chi connectivity index (χ3n) is 8.16. The van der Waals surface area contributed by atoms with E-state index in [2.05, 4.69) is 15.6 Å². The van der Waals surface area contributed by atoms with Gasteiger partial charge in [-0.2, -0.15) is 0 Å². The van der Waals surface area contributed by atoms with Crippen LogP contribution in [0.5, 0.6) is 28.7 Å². The standard InChI is InChI=1S/C29H29N3O8S/c1-36-21-5-13(6-22(37-2)27(21)34)24-16-8-19-20(40-12-39-19)9-17(16)26(18-10-38-28(35)25(18)24)32-29-31-15(11-41-29)7-23(33)30-14-3-4-14/h5-6,8-9,11,14,18,24-26,34H,3-4,7,10,12H2,1-2H3,(H,30,33)(H,31,32)/t18-,24+,25-,26+/m0/s1. The molecule has 2 aromatic carbocycles. The second kappa shape index (κ2) is 10.0. The van der Waals surface area contributed by atoms with Crippen molar-refractivity contribution in [3.8, 4) is 28.7 Å². The van der Waals surface area contributed by atoms with Crippen molar-refractivity contribution < 1.29 is 38.4 Å². The first-order valence-corrected chi connectivity index (χ1v) is 14.4. The lowest BCUT2D eigenvalue weighted by Crippen LogP contribution is -2.37. The molecule has 2 aliphatic heterocycles. The van der Waals surface area contributed by atoms with Crippen LogP contribution in [0.3, 0.4) is 0 Å². The molecule has 214 valence electrons. The zero-order valence-corrected chi connectivity index (χ0v) is 23.3. The second-order valence-electron chi connectivity index (χ2n) is 10.7. The third-order valence-corrected chi connectivity index (χ3v) is 8.99. The second-order valence-corrected chi connectivity index (χ2v) is 11.5. The van der Waals surface area contributed by atoms with E-state index in [1.165, 1.54) is 25.6 Å². The van der Waals surface area contributed by atoms with E-state index in [9.17, 15) is 14.7 Å². The number of phenols is 1. The van der Waals surface area contributed by atoms with Crippen LogP contribution in [0.2, 0.25) is 0 Å². The molecule has 11 nitrogen and oxygen atoms in total. The molecular weight excluding hydrogens is 550 g/mol. The van der Waals surface area contributed by atoms with Gasteiger partial charge in [-0.25, -0.2) is 4.98 Å². The van der Waals surface area contributed by atoms with Crippen molar-refractivity contribution in [3.63, 3.8) is 0 Å². The van der Waals surface area contributed by atoms with Crippen LogP contribution in [-0.4, -0.2) is 55.6 Å². The van der Waals surface area contributed by atoms with Crippen molar-refractivity contribution in [1.82, 2.24) is 10.3 Å². The minimum absolute atomic E-state index is 0.0301. The van der Waals surface area contributed by atoms with Gasteiger partial charge in [0.05, 0.1) is 44.9 Å². The number of hydrogen-bond donors (Lipinski definition) is 3. The van der Waals surface area contributed by atoms with Crippen LogP contribution < -0.4 is 29.6 Å². The third kappa shape index (κ3) is 4.55. The normalized spacial score (nSPS) is 23.8. The highest BCUT2D eigenvalue weighted by Crippen LogP contribution is 2.56. The molecule has 12 heteroatoms. The molecule has 0 bridgehead atoms. The van der Waals surface area contributed by atoms with Gasteiger partial charge in [0.15, 0.2) is 28.1 Å². The van der Waals surface area contributed by atoms with Gasteiger partial charge in [0, 0.05) is 23.3 Å². The van der Waals surface area contributed by atoms with Crippen molar-refractivity contribution in [2.24, 2.45) is 11.8 Å². The summed E-state index contributed by atoms with van der Waals surface area (Å²) in [7, 11) is 2.94. The highest BCUT2D eigenvalue weighted by atomic mass is 32.1. The molecule has 7 rings (SSSR count). The number of cyclic esters (lactones) is 1. The number of nitrogens with zero attached hydrogens (tertiary/aromatic N) is 1. The summed E-state index contributed by atoms with van der Waals surface area (Å²) in [4.78, 5) is 30.4. The zero-order valence-electron chi connectivity index (χ0n) is 22.5. The van der Waals surface area contributed by atoms with Gasteiger partial charge in [-0.1, -0.05) is 0 Å². The Kier molecular flexibility index (Phi) is 6.29. The average molecular weight is 580 g/mol. The van der Waals surface area contributed by atoms with Crippen molar-refractivity contribution in [1.29, 1.82) is 0 Å². The van der Waals surface area contributed by atoms with E-state index in [0.717, 1.165) is 29.5 Å². The number of aromatic nitrogens is 1. The van der Waals surface area contributed by atoms with Crippen LogP contribution >= 0.6 is 11.3 Å². The lowest BCUT2D eigenvalue weighted by atomic mass is 9.65. The van der Waals surface area contributed by atoms with Crippen LogP contribution in [0.4, 0.5) is 5.13 Å². The molecule has 4 aliphatic rings. The molecule has 4 atom stereocenters. The Bertz CT molecular complexity index is 1510. The van der Waals surface area contributed by atoms with E-state index in [0.29, 0.717) is 28.4 Å². The molecule has 2 aliphatic carbocycles. The first-order chi connectivity index (χ1) is 19.9. The number of carbonyl (C=O) groups excluding carboxylic acids is 2. The molecule has 3 N–H and O–H groups in total. The number of carbonyl (C=O) groups is 2. The van der Waals surface area contributed by atoms with Gasteiger partial charge < -0.3 is 39.4 Å². The molecule has 2 fully saturated rings. The van der Waals surface area contributed by atoms with Crippen LogP contribution in [0, 0.1) is 11.8 Å². The number of methoxy groups -OCH3 is 2. The van der Waals surface area contributed by atoms with Crippen LogP contribution in [0.25, 0.3) is 0 Å². The number of benzene rings is 2. The maximum atomic E-state index is 13.4. The fourth-order valence-corrected chi connectivity index (χ4v) is 6.85. The number of anilines is 1. The summed E-state index contributed by atoms with van der Waals surface area (Å²) in [6.07, 6.45) is 2.28. The van der Waals surface area contributed by atoms with Gasteiger partial charge in [-0.05, 0) is 53.8 Å². The topological polar surface area (TPSA) is 137 Å². The smallest absolute Gasteiger partial charge is 0.310 e. The molecule has 0 spiro atoms. The summed E-state index contributed by atoms with van der Waals surface area (Å²) in [5.41, 5.74) is 3.21. The number of rotatable bonds is 8. The summed E-state index contributed by atoms with van der Waals surface area (Å²) in [6.45, 7) is 0.329. The van der Waals surface area contributed by atoms with Crippen LogP contribution in [0.1, 0.15) is 47.2 Å². The Hall–Kier alpha value is -4.19. The fraction of sp³-hybridized carbons (Fsp3) is 0.414. The first kappa shape index (κ1) is 25.8. The Labute approximate surface area is 239 Å². The monoisotopic (exact) mass is 579 g/mol. The molecular formula is C29H29N3O8S. The van der Waals surface area contributed by atoms with Crippen molar-refractivity contribution >= 4 is 28.3 Å². The quantitative estimate of drug-likeness (QED) is 0.340. The highest BCUT2D eigenvalue weighted by molar-refractivity contribution is 7.13. The Balaban J connectivity index is 1.29. The molecule has 0 unspecified atom stereocenters. The Morgan fingerprint density at radius 3 is 2.46 bits per heavy atom. The molecule has 1 aromatic heterocycles. The van der Waals surface area contributed by atoms with Gasteiger partial charge in [0.1, 0.15) is 0 Å². The SMILES string of the molecule is COc1cc([C@@H]2c3cc4c(cc3[C@@H](Nc3nc(CC(=O)NC5CC5)cs3)[C@H]3COC(=O)[C@H]23)OCO4)cc(OC)c1O. The minimum atomic E-state index is -0.539. The largest absolute Gasteiger partial charge is 0.502 e. The fourth-order valence-electron chi connectivity index (χ4n) is 6.10. The van der Waals surface area contributed by atoms with E-state index in [-0.39, 0.29) is 60.9 Å². The Morgan fingerprint density at radius 1 is 1.07 bits per heavy atom. The number of thiazole rings is 1. The van der Waals surface area contributed by atoms with Crippen molar-refractivity contribution in [2.75, 3.05) is 32.9 Å². The number of phenolic OH excluding ortho intramolecular Hbond substituents is 1. The molecule has 1 amide bonds. The van der Waals surface area contributed by atoms with Crippen LogP contribution in [0.15, 0.2) is 29.6 Å². The van der Waals surface area contributed by atoms with Crippen molar-refractivity contribution in [3.05, 3.63) is 52.0 Å². The van der Waals surface area contributed by atoms with E-state index in [4.69, 9.17) is 23.7 Å². The number of ether oxygens (including phenoxy) is 5. The molecule has 41 heavy (non-hydrogen) atoms. The van der Waals surface area contributed by atoms with E-state index in [1.54, 1.807) is 12.1 Å². The maximum Gasteiger partial charge on any atom is 0.310 e. The minimum Gasteiger partial charge on any atom is -0.502 e. The number of hydrogen-bond acceptors (Lipinski definition) is 11. The van der Waals surface area contributed by atoms with Gasteiger partial charge in [0.25, 0.3) is 0 Å². The van der Waals surface area contributed by atoms with Gasteiger partial charge in [-0.15, -0.1) is 11.3 Å². The molecule has 0 radical (unpaired) electrons. The van der Waals surface area contributed by atoms with Crippen molar-refractivity contribution in [2.45, 2.75) is 37.3 Å². The highest BCUT2D eigenvalue weighted by Gasteiger charge is 2.53. The maximum absolute atomic E-state index is 13.4. The number of fused-ring (bicyclic) bond motifs is 3. The summed E-state index contributed by atoms with van der Waals surface area (Å²) < 4.78 is 28.0. The summed E-state index contributed by atoms with van der Waals surface area (Å²) in [6, 6.07) is 7.30. The van der Waals surface area contributed by atoms with E-state index < -0.39 is 11.8 Å².